The van der Waals surface area contributed by atoms with Crippen molar-refractivity contribution in [2.75, 3.05) is 33.1 Å². The number of nitrogens with one attached hydrogen (secondary N) is 3. The number of hydrogen-bond donors (Lipinski definition) is 5. The first-order chi connectivity index (χ1) is 20.3. The van der Waals surface area contributed by atoms with E-state index in [4.69, 9.17) is 20.6 Å². The van der Waals surface area contributed by atoms with Crippen LogP contribution in [-0.2, 0) is 9.47 Å². The summed E-state index contributed by atoms with van der Waals surface area (Å²) in [6.07, 6.45) is 0.983. The Kier molecular flexibility index (Phi) is 10.6. The lowest BCUT2D eigenvalue weighted by Crippen LogP contribution is -2.26. The molecule has 43 heavy (non-hydrogen) atoms. The summed E-state index contributed by atoms with van der Waals surface area (Å²) in [6.45, 7) is 7.90. The van der Waals surface area contributed by atoms with Crippen LogP contribution in [0.5, 0.6) is 0 Å². The van der Waals surface area contributed by atoms with Crippen LogP contribution < -0.4 is 16.7 Å². The van der Waals surface area contributed by atoms with E-state index in [2.05, 4.69) is 22.0 Å². The molecule has 12 nitrogen and oxygen atoms in total. The van der Waals surface area contributed by atoms with Gasteiger partial charge in [-0.15, -0.1) is 5.10 Å². The van der Waals surface area contributed by atoms with Crippen LogP contribution in [-0.4, -0.2) is 70.4 Å². The first-order valence-electron chi connectivity index (χ1n) is 13.2. The number of halogens is 1. The number of ether oxygens (including phenoxy) is 2. The number of para-hydroxylation sites is 1. The molecular weight excluding hydrogens is 557 g/mol. The number of nitrogens with two attached hydrogens (primary N) is 1. The Bertz CT molecular complexity index is 1610. The summed E-state index contributed by atoms with van der Waals surface area (Å²) in [5.74, 6) is -2.02. The lowest BCUT2D eigenvalue weighted by molar-refractivity contribution is 0.0696. The number of allylic oxidation sites excluding steroid dienone is 2. The number of benzene rings is 2. The number of H-pyrrole nitrogens is 1. The normalized spacial score (nSPS) is 13.6. The number of aromatic carboxylic acids is 1. The van der Waals surface area contributed by atoms with Crippen molar-refractivity contribution < 1.29 is 23.8 Å². The molecule has 1 heterocycles. The predicted octanol–water partition coefficient (Wildman–Crippen LogP) is 3.95. The fourth-order valence-electron chi connectivity index (χ4n) is 4.15. The van der Waals surface area contributed by atoms with E-state index in [9.17, 15) is 14.7 Å². The van der Waals surface area contributed by atoms with Crippen molar-refractivity contribution in [2.24, 2.45) is 5.73 Å². The van der Waals surface area contributed by atoms with E-state index in [0.29, 0.717) is 23.6 Å². The number of carboxylic acids is 1. The van der Waals surface area contributed by atoms with Gasteiger partial charge in [-0.25, -0.2) is 14.0 Å². The third-order valence-corrected chi connectivity index (χ3v) is 6.23. The largest absolute Gasteiger partial charge is 0.501 e. The molecule has 0 radical (unpaired) electrons. The van der Waals surface area contributed by atoms with E-state index >= 15 is 4.39 Å². The van der Waals surface area contributed by atoms with Crippen molar-refractivity contribution in [3.05, 3.63) is 112 Å². The molecule has 0 amide bonds. The Balaban J connectivity index is 2.16. The summed E-state index contributed by atoms with van der Waals surface area (Å²) >= 11 is 0. The van der Waals surface area contributed by atoms with Gasteiger partial charge in [-0.1, -0.05) is 18.7 Å². The minimum Gasteiger partial charge on any atom is -0.501 e. The number of aromatic nitrogens is 3. The lowest BCUT2D eigenvalue weighted by atomic mass is 10.0. The van der Waals surface area contributed by atoms with Gasteiger partial charge in [0.15, 0.2) is 17.4 Å². The summed E-state index contributed by atoms with van der Waals surface area (Å²) in [5.41, 5.74) is 5.50. The van der Waals surface area contributed by atoms with Crippen molar-refractivity contribution in [1.82, 2.24) is 19.7 Å². The number of nitrogen functional groups attached to an aromatic ring is 1. The van der Waals surface area contributed by atoms with E-state index in [0.717, 1.165) is 4.68 Å². The van der Waals surface area contributed by atoms with Gasteiger partial charge in [0.05, 0.1) is 24.1 Å². The van der Waals surface area contributed by atoms with Gasteiger partial charge >= 0.3 is 11.7 Å². The second-order valence-corrected chi connectivity index (χ2v) is 9.97. The highest BCUT2D eigenvalue weighted by atomic mass is 19.1. The van der Waals surface area contributed by atoms with Crippen LogP contribution in [0.25, 0.3) is 5.69 Å². The van der Waals surface area contributed by atoms with E-state index < -0.39 is 29.6 Å². The SMILES string of the molecule is C=C(/C(F)=C(\C=C(/C)OC)OC(C)CN(C)C)C(Nc1ccc(C(=N)N)cc1)c1nn(-c2ccccc2C(=O)O)c(=O)[nH]1. The Morgan fingerprint density at radius 2 is 1.93 bits per heavy atom. The molecule has 2 aromatic carbocycles. The van der Waals surface area contributed by atoms with Gasteiger partial charge in [-0.05, 0) is 64.3 Å². The molecule has 6 N–H and O–H groups in total. The molecule has 13 heteroatoms. The second kappa shape index (κ2) is 14.1. The smallest absolute Gasteiger partial charge is 0.348 e. The van der Waals surface area contributed by atoms with Crippen molar-refractivity contribution in [1.29, 1.82) is 5.41 Å². The Hall–Kier alpha value is -5.17. The topological polar surface area (TPSA) is 172 Å². The molecule has 0 aliphatic heterocycles. The van der Waals surface area contributed by atoms with Gasteiger partial charge in [0.25, 0.3) is 0 Å². The fourth-order valence-corrected chi connectivity index (χ4v) is 4.15. The third kappa shape index (κ3) is 8.20. The second-order valence-electron chi connectivity index (χ2n) is 9.97. The number of carbonyl (C=O) groups is 1. The predicted molar refractivity (Wildman–Crippen MR) is 162 cm³/mol. The van der Waals surface area contributed by atoms with Crippen LogP contribution >= 0.6 is 0 Å². The van der Waals surface area contributed by atoms with Gasteiger partial charge in [0.2, 0.25) is 0 Å². The molecule has 3 rings (SSSR count). The molecule has 0 saturated carbocycles. The number of aromatic amines is 1. The van der Waals surface area contributed by atoms with E-state index in [1.165, 1.54) is 31.4 Å². The van der Waals surface area contributed by atoms with Crippen LogP contribution in [0.4, 0.5) is 10.1 Å². The zero-order valence-electron chi connectivity index (χ0n) is 24.6. The summed E-state index contributed by atoms with van der Waals surface area (Å²) in [7, 11) is 5.17. The zero-order chi connectivity index (χ0) is 31.8. The number of anilines is 1. The standard InChI is InChI=1S/C30H36FN7O5/c1-17(42-6)15-24(43-18(2)16-37(4)5)25(31)19(3)26(34-21-13-11-20(12-14-21)27(32)33)28-35-30(41)38(36-28)23-10-8-7-9-22(23)29(39)40/h7-15,18,26,34H,3,16H2,1-2,4-6H3,(H3,32,33)(H,39,40)(H,35,36,41)/b17-15+,25-24-. The average molecular weight is 594 g/mol. The first-order valence-corrected chi connectivity index (χ1v) is 13.2. The molecule has 3 aromatic rings. The van der Waals surface area contributed by atoms with Gasteiger partial charge in [-0.3, -0.25) is 10.4 Å². The summed E-state index contributed by atoms with van der Waals surface area (Å²) in [5, 5.41) is 24.7. The maximum Gasteiger partial charge on any atom is 0.348 e. The molecule has 0 spiro atoms. The molecule has 0 bridgehead atoms. The lowest BCUT2D eigenvalue weighted by Gasteiger charge is -2.23. The number of rotatable bonds is 14. The number of nitrogens with zero attached hydrogens (tertiary/aromatic N) is 3. The minimum atomic E-state index is -1.25. The third-order valence-electron chi connectivity index (χ3n) is 6.23. The molecule has 0 saturated heterocycles. The van der Waals surface area contributed by atoms with Crippen molar-refractivity contribution in [3.63, 3.8) is 0 Å². The van der Waals surface area contributed by atoms with Crippen LogP contribution in [0.2, 0.25) is 0 Å². The fraction of sp³-hybridized carbons (Fsp3) is 0.267. The maximum absolute atomic E-state index is 16.3. The summed E-state index contributed by atoms with van der Waals surface area (Å²) in [6, 6.07) is 11.2. The van der Waals surface area contributed by atoms with E-state index in [1.54, 1.807) is 44.2 Å². The maximum atomic E-state index is 16.3. The number of likely N-dealkylation sites (N-methyl/N-ethyl adjacent to an activating group) is 1. The van der Waals surface area contributed by atoms with Gasteiger partial charge < -0.3 is 30.5 Å². The van der Waals surface area contributed by atoms with Crippen LogP contribution in [0.1, 0.15) is 41.6 Å². The highest BCUT2D eigenvalue weighted by Gasteiger charge is 2.27. The average Bonchev–Trinajstić information content (AvgIpc) is 3.35. The Morgan fingerprint density at radius 1 is 1.28 bits per heavy atom. The number of hydrogen-bond acceptors (Lipinski definition) is 8. The quantitative estimate of drug-likeness (QED) is 0.0803. The van der Waals surface area contributed by atoms with Crippen LogP contribution in [0, 0.1) is 5.41 Å². The number of carboxylic acid groups (broad SMARTS) is 1. The zero-order valence-corrected chi connectivity index (χ0v) is 24.6. The highest BCUT2D eigenvalue weighted by Crippen LogP contribution is 2.32. The first kappa shape index (κ1) is 32.3. The minimum absolute atomic E-state index is 0.0221. The van der Waals surface area contributed by atoms with Crippen molar-refractivity contribution in [2.45, 2.75) is 26.0 Å². The van der Waals surface area contributed by atoms with Gasteiger partial charge in [-0.2, -0.15) is 4.68 Å². The number of methoxy groups -OCH3 is 1. The van der Waals surface area contributed by atoms with Crippen molar-refractivity contribution in [3.8, 4) is 5.69 Å². The Labute approximate surface area is 248 Å². The van der Waals surface area contributed by atoms with E-state index in [1.807, 2.05) is 19.0 Å². The molecule has 2 atom stereocenters. The molecular formula is C30H36FN7O5. The number of amidine groups is 1. The monoisotopic (exact) mass is 593 g/mol. The van der Waals surface area contributed by atoms with Gasteiger partial charge in [0, 0.05) is 29.4 Å². The highest BCUT2D eigenvalue weighted by molar-refractivity contribution is 5.95. The Morgan fingerprint density at radius 3 is 2.51 bits per heavy atom. The molecule has 1 aromatic heterocycles. The molecule has 0 fully saturated rings. The van der Waals surface area contributed by atoms with E-state index in [-0.39, 0.29) is 34.2 Å². The summed E-state index contributed by atoms with van der Waals surface area (Å²) < 4.78 is 28.4. The molecule has 228 valence electrons. The molecule has 2 unspecified atom stereocenters. The van der Waals surface area contributed by atoms with Crippen molar-refractivity contribution >= 4 is 17.5 Å². The van der Waals surface area contributed by atoms with Crippen LogP contribution in [0.3, 0.4) is 0 Å². The van der Waals surface area contributed by atoms with Crippen LogP contribution in [0.15, 0.2) is 88.9 Å². The molecule has 0 aliphatic rings. The van der Waals surface area contributed by atoms with Gasteiger partial charge in [0.1, 0.15) is 18.0 Å². The summed E-state index contributed by atoms with van der Waals surface area (Å²) in [4.78, 5) is 29.4. The molecule has 0 aliphatic carbocycles.